The molecule has 0 saturated heterocycles. The molecule has 1 unspecified atom stereocenters. The summed E-state index contributed by atoms with van der Waals surface area (Å²) < 4.78 is 7.65. The minimum absolute atomic E-state index is 0.565. The van der Waals surface area contributed by atoms with Crippen molar-refractivity contribution < 1.29 is 4.74 Å². The summed E-state index contributed by atoms with van der Waals surface area (Å²) in [4.78, 5) is 4.64. The van der Waals surface area contributed by atoms with E-state index < -0.39 is 0 Å². The Morgan fingerprint density at radius 2 is 2.25 bits per heavy atom. The molecule has 1 heterocycles. The zero-order chi connectivity index (χ0) is 14.4. The van der Waals surface area contributed by atoms with Gasteiger partial charge in [-0.05, 0) is 39.0 Å². The van der Waals surface area contributed by atoms with Gasteiger partial charge in [-0.1, -0.05) is 19.8 Å². The first-order valence-corrected chi connectivity index (χ1v) is 8.11. The summed E-state index contributed by atoms with van der Waals surface area (Å²) in [5.41, 5.74) is 1.09. The fourth-order valence-electron chi connectivity index (χ4n) is 2.58. The van der Waals surface area contributed by atoms with Crippen LogP contribution in [0, 0.1) is 12.8 Å². The van der Waals surface area contributed by atoms with Crippen LogP contribution >= 0.6 is 0 Å². The second kappa shape index (κ2) is 7.67. The number of imidazole rings is 1. The third-order valence-corrected chi connectivity index (χ3v) is 3.93. The van der Waals surface area contributed by atoms with E-state index in [1.165, 1.54) is 25.7 Å². The van der Waals surface area contributed by atoms with Gasteiger partial charge in [-0.2, -0.15) is 0 Å². The average molecular weight is 279 g/mol. The molecule has 4 heteroatoms. The highest BCUT2D eigenvalue weighted by atomic mass is 16.5. The number of anilines is 1. The standard InChI is InChI=1S/C16H29N3O/c1-4-15(11-14-7-8-14)18-16-17-13(3)12-19(16)9-6-10-20-5-2/h12,14-15H,4-11H2,1-3H3,(H,17,18). The number of aromatic nitrogens is 2. The van der Waals surface area contributed by atoms with E-state index in [0.717, 1.165) is 43.7 Å². The van der Waals surface area contributed by atoms with Gasteiger partial charge in [-0.15, -0.1) is 0 Å². The van der Waals surface area contributed by atoms with Gasteiger partial charge in [0.25, 0.3) is 0 Å². The van der Waals surface area contributed by atoms with Crippen LogP contribution in [-0.4, -0.2) is 28.8 Å². The molecule has 114 valence electrons. The molecule has 1 aliphatic rings. The Kier molecular flexibility index (Phi) is 5.89. The number of rotatable bonds is 10. The molecule has 1 fully saturated rings. The van der Waals surface area contributed by atoms with E-state index in [-0.39, 0.29) is 0 Å². The van der Waals surface area contributed by atoms with Gasteiger partial charge in [0.15, 0.2) is 0 Å². The van der Waals surface area contributed by atoms with Crippen molar-refractivity contribution >= 4 is 5.95 Å². The van der Waals surface area contributed by atoms with E-state index in [4.69, 9.17) is 4.74 Å². The van der Waals surface area contributed by atoms with Gasteiger partial charge >= 0.3 is 0 Å². The molecule has 1 N–H and O–H groups in total. The summed E-state index contributed by atoms with van der Waals surface area (Å²) in [6.45, 7) is 8.96. The lowest BCUT2D eigenvalue weighted by Crippen LogP contribution is -2.22. The Morgan fingerprint density at radius 1 is 1.45 bits per heavy atom. The third kappa shape index (κ3) is 4.82. The molecule has 0 aliphatic heterocycles. The number of hydrogen-bond donors (Lipinski definition) is 1. The molecule has 20 heavy (non-hydrogen) atoms. The maximum atomic E-state index is 5.41. The zero-order valence-electron chi connectivity index (χ0n) is 13.2. The van der Waals surface area contributed by atoms with Crippen molar-refractivity contribution in [2.75, 3.05) is 18.5 Å². The second-order valence-corrected chi connectivity index (χ2v) is 5.88. The Hall–Kier alpha value is -1.03. The van der Waals surface area contributed by atoms with Crippen molar-refractivity contribution in [2.45, 2.75) is 65.5 Å². The van der Waals surface area contributed by atoms with Crippen LogP contribution in [0.1, 0.15) is 51.6 Å². The molecule has 0 bridgehead atoms. The van der Waals surface area contributed by atoms with Gasteiger partial charge in [0.1, 0.15) is 0 Å². The Morgan fingerprint density at radius 3 is 2.90 bits per heavy atom. The monoisotopic (exact) mass is 279 g/mol. The highest BCUT2D eigenvalue weighted by molar-refractivity contribution is 5.30. The number of nitrogens with one attached hydrogen (secondary N) is 1. The van der Waals surface area contributed by atoms with Gasteiger partial charge in [-0.3, -0.25) is 0 Å². The molecule has 0 spiro atoms. The molecule has 1 saturated carbocycles. The van der Waals surface area contributed by atoms with Crippen molar-refractivity contribution in [1.82, 2.24) is 9.55 Å². The molecule has 1 aromatic heterocycles. The fourth-order valence-corrected chi connectivity index (χ4v) is 2.58. The molecular formula is C16H29N3O. The van der Waals surface area contributed by atoms with Crippen molar-refractivity contribution in [3.63, 3.8) is 0 Å². The molecule has 1 aliphatic carbocycles. The predicted octanol–water partition coefficient (Wildman–Crippen LogP) is 3.61. The molecule has 1 atom stereocenters. The zero-order valence-corrected chi connectivity index (χ0v) is 13.2. The van der Waals surface area contributed by atoms with Gasteiger partial charge < -0.3 is 14.6 Å². The Balaban J connectivity index is 1.87. The van der Waals surface area contributed by atoms with Crippen LogP contribution in [0.25, 0.3) is 0 Å². The van der Waals surface area contributed by atoms with Crippen molar-refractivity contribution in [2.24, 2.45) is 5.92 Å². The largest absolute Gasteiger partial charge is 0.382 e. The van der Waals surface area contributed by atoms with E-state index in [0.29, 0.717) is 6.04 Å². The molecule has 2 rings (SSSR count). The predicted molar refractivity (Wildman–Crippen MR) is 83.1 cm³/mol. The van der Waals surface area contributed by atoms with Gasteiger partial charge in [-0.25, -0.2) is 4.98 Å². The van der Waals surface area contributed by atoms with Crippen LogP contribution in [-0.2, 0) is 11.3 Å². The van der Waals surface area contributed by atoms with Crippen LogP contribution in [0.4, 0.5) is 5.95 Å². The van der Waals surface area contributed by atoms with E-state index in [9.17, 15) is 0 Å². The smallest absolute Gasteiger partial charge is 0.203 e. The normalized spacial score (nSPS) is 16.4. The number of hydrogen-bond acceptors (Lipinski definition) is 3. The summed E-state index contributed by atoms with van der Waals surface area (Å²) in [6.07, 6.45) is 8.47. The topological polar surface area (TPSA) is 39.1 Å². The minimum atomic E-state index is 0.565. The highest BCUT2D eigenvalue weighted by Gasteiger charge is 2.25. The van der Waals surface area contributed by atoms with Crippen molar-refractivity contribution in [3.05, 3.63) is 11.9 Å². The summed E-state index contributed by atoms with van der Waals surface area (Å²) in [7, 11) is 0. The van der Waals surface area contributed by atoms with Crippen molar-refractivity contribution in [1.29, 1.82) is 0 Å². The quantitative estimate of drug-likeness (QED) is 0.665. The maximum absolute atomic E-state index is 5.41. The summed E-state index contributed by atoms with van der Waals surface area (Å²) in [5.74, 6) is 1.99. The van der Waals surface area contributed by atoms with Gasteiger partial charge in [0, 0.05) is 32.0 Å². The van der Waals surface area contributed by atoms with Crippen LogP contribution in [0.2, 0.25) is 0 Å². The molecule has 0 aromatic carbocycles. The van der Waals surface area contributed by atoms with Gasteiger partial charge in [0.05, 0.1) is 5.69 Å². The van der Waals surface area contributed by atoms with E-state index in [2.05, 4.69) is 34.9 Å². The number of ether oxygens (including phenoxy) is 1. The van der Waals surface area contributed by atoms with E-state index in [1.807, 2.05) is 6.92 Å². The number of aryl methyl sites for hydroxylation is 2. The summed E-state index contributed by atoms with van der Waals surface area (Å²) in [6, 6.07) is 0.565. The molecule has 1 aromatic rings. The summed E-state index contributed by atoms with van der Waals surface area (Å²) >= 11 is 0. The van der Waals surface area contributed by atoms with Crippen LogP contribution in [0.5, 0.6) is 0 Å². The Labute approximate surface area is 122 Å². The highest BCUT2D eigenvalue weighted by Crippen LogP contribution is 2.34. The first-order chi connectivity index (χ1) is 9.72. The lowest BCUT2D eigenvalue weighted by molar-refractivity contribution is 0.142. The molecule has 0 radical (unpaired) electrons. The first kappa shape index (κ1) is 15.4. The number of nitrogens with zero attached hydrogens (tertiary/aromatic N) is 2. The Bertz CT molecular complexity index is 398. The fraction of sp³-hybridized carbons (Fsp3) is 0.812. The van der Waals surface area contributed by atoms with Crippen LogP contribution in [0.15, 0.2) is 6.20 Å². The first-order valence-electron chi connectivity index (χ1n) is 8.11. The third-order valence-electron chi connectivity index (χ3n) is 3.93. The second-order valence-electron chi connectivity index (χ2n) is 5.88. The van der Waals surface area contributed by atoms with Crippen LogP contribution in [0.3, 0.4) is 0 Å². The molecule has 0 amide bonds. The molecular weight excluding hydrogens is 250 g/mol. The maximum Gasteiger partial charge on any atom is 0.203 e. The average Bonchev–Trinajstić information content (AvgIpc) is 3.18. The van der Waals surface area contributed by atoms with Crippen molar-refractivity contribution in [3.8, 4) is 0 Å². The molecule has 4 nitrogen and oxygen atoms in total. The van der Waals surface area contributed by atoms with Gasteiger partial charge in [0.2, 0.25) is 5.95 Å². The SMILES string of the molecule is CCOCCCn1cc(C)nc1NC(CC)CC1CC1. The lowest BCUT2D eigenvalue weighted by Gasteiger charge is -2.18. The lowest BCUT2D eigenvalue weighted by atomic mass is 10.1. The summed E-state index contributed by atoms with van der Waals surface area (Å²) in [5, 5.41) is 3.64. The van der Waals surface area contributed by atoms with Crippen LogP contribution < -0.4 is 5.32 Å². The minimum Gasteiger partial charge on any atom is -0.382 e. The van der Waals surface area contributed by atoms with E-state index >= 15 is 0 Å². The van der Waals surface area contributed by atoms with E-state index in [1.54, 1.807) is 0 Å².